The number of nitrogens with one attached hydrogen (secondary N) is 1. The average molecular weight is 624 g/mol. The second-order valence-electron chi connectivity index (χ2n) is 13.1. The summed E-state index contributed by atoms with van der Waals surface area (Å²) in [6, 6.07) is -0.519. The first kappa shape index (κ1) is 42.4. The van der Waals surface area contributed by atoms with E-state index in [9.17, 15) is 14.4 Å². The van der Waals surface area contributed by atoms with Crippen LogP contribution in [0.15, 0.2) is 0 Å². The highest BCUT2D eigenvalue weighted by molar-refractivity contribution is 5.76. The van der Waals surface area contributed by atoms with Crippen molar-refractivity contribution in [2.24, 2.45) is 0 Å². The summed E-state index contributed by atoms with van der Waals surface area (Å²) in [6.07, 6.45) is 33.6. The van der Waals surface area contributed by atoms with E-state index in [1.165, 1.54) is 149 Å². The first-order valence-corrected chi connectivity index (χ1v) is 19.0. The maximum Gasteiger partial charge on any atom is 0.302 e. The number of ether oxygens (including phenoxy) is 2. The molecule has 0 aromatic carbocycles. The molecule has 0 aromatic heterocycles. The minimum Gasteiger partial charge on any atom is -0.464 e. The molecule has 6 nitrogen and oxygen atoms in total. The lowest BCUT2D eigenvalue weighted by Gasteiger charge is -2.27. The summed E-state index contributed by atoms with van der Waals surface area (Å²) in [4.78, 5) is 36.2. The molecule has 0 bridgehead atoms. The van der Waals surface area contributed by atoms with Crippen LogP contribution in [0, 0.1) is 0 Å². The van der Waals surface area contributed by atoms with Gasteiger partial charge in [0, 0.05) is 20.3 Å². The van der Waals surface area contributed by atoms with Gasteiger partial charge in [-0.05, 0) is 19.3 Å². The molecule has 44 heavy (non-hydrogen) atoms. The smallest absolute Gasteiger partial charge is 0.302 e. The van der Waals surface area contributed by atoms with Crippen LogP contribution in [0.1, 0.15) is 207 Å². The van der Waals surface area contributed by atoms with Gasteiger partial charge in [0.2, 0.25) is 5.91 Å². The molecule has 2 atom stereocenters. The zero-order chi connectivity index (χ0) is 32.5. The lowest BCUT2D eigenvalue weighted by atomic mass is 10.0. The van der Waals surface area contributed by atoms with E-state index in [4.69, 9.17) is 9.47 Å². The zero-order valence-corrected chi connectivity index (χ0v) is 29.7. The molecule has 0 aliphatic rings. The van der Waals surface area contributed by atoms with Gasteiger partial charge in [0.05, 0.1) is 6.04 Å². The fourth-order valence-corrected chi connectivity index (χ4v) is 5.95. The quantitative estimate of drug-likeness (QED) is 0.0581. The third kappa shape index (κ3) is 30.4. The van der Waals surface area contributed by atoms with Crippen LogP contribution in [0.5, 0.6) is 0 Å². The SMILES string of the molecule is CCCCCCCCCCCCCCCCCC(=O)NC(COC(C)=O)C(CCCCCCCCCCCCC)OC(C)=O. The van der Waals surface area contributed by atoms with Crippen molar-refractivity contribution in [3.8, 4) is 0 Å². The second kappa shape index (κ2) is 32.8. The van der Waals surface area contributed by atoms with Gasteiger partial charge < -0.3 is 14.8 Å². The Bertz CT molecular complexity index is 668. The van der Waals surface area contributed by atoms with Crippen molar-refractivity contribution >= 4 is 17.8 Å². The van der Waals surface area contributed by atoms with Gasteiger partial charge >= 0.3 is 11.9 Å². The van der Waals surface area contributed by atoms with Gasteiger partial charge in [-0.15, -0.1) is 0 Å². The normalized spacial score (nSPS) is 12.5. The number of esters is 2. The number of hydrogen-bond donors (Lipinski definition) is 1. The third-order valence-corrected chi connectivity index (χ3v) is 8.68. The van der Waals surface area contributed by atoms with Crippen LogP contribution in [0.25, 0.3) is 0 Å². The van der Waals surface area contributed by atoms with Crippen molar-refractivity contribution in [1.29, 1.82) is 0 Å². The number of carbonyl (C=O) groups is 3. The van der Waals surface area contributed by atoms with Crippen molar-refractivity contribution in [2.75, 3.05) is 6.61 Å². The molecule has 0 aromatic rings. The highest BCUT2D eigenvalue weighted by atomic mass is 16.6. The van der Waals surface area contributed by atoms with Crippen molar-refractivity contribution < 1.29 is 23.9 Å². The van der Waals surface area contributed by atoms with E-state index in [1.54, 1.807) is 0 Å². The van der Waals surface area contributed by atoms with Gasteiger partial charge in [-0.25, -0.2) is 0 Å². The molecule has 2 unspecified atom stereocenters. The Balaban J connectivity index is 4.21. The summed E-state index contributed by atoms with van der Waals surface area (Å²) in [7, 11) is 0. The predicted molar refractivity (Wildman–Crippen MR) is 185 cm³/mol. The minimum atomic E-state index is -0.519. The molecule has 1 N–H and O–H groups in total. The van der Waals surface area contributed by atoms with Crippen LogP contribution >= 0.6 is 0 Å². The summed E-state index contributed by atoms with van der Waals surface area (Å²) >= 11 is 0. The van der Waals surface area contributed by atoms with Crippen LogP contribution in [-0.4, -0.2) is 36.6 Å². The molecular weight excluding hydrogens is 550 g/mol. The lowest BCUT2D eigenvalue weighted by Crippen LogP contribution is -2.48. The molecule has 0 heterocycles. The fourth-order valence-electron chi connectivity index (χ4n) is 5.95. The first-order chi connectivity index (χ1) is 21.4. The van der Waals surface area contributed by atoms with Gasteiger partial charge in [-0.1, -0.05) is 168 Å². The van der Waals surface area contributed by atoms with E-state index >= 15 is 0 Å². The van der Waals surface area contributed by atoms with Gasteiger partial charge in [0.15, 0.2) is 0 Å². The molecule has 260 valence electrons. The Labute approximate surface area is 273 Å². The number of hydrogen-bond acceptors (Lipinski definition) is 5. The minimum absolute atomic E-state index is 0.0237. The van der Waals surface area contributed by atoms with Gasteiger partial charge in [0.1, 0.15) is 12.7 Å². The van der Waals surface area contributed by atoms with Crippen molar-refractivity contribution in [3.63, 3.8) is 0 Å². The zero-order valence-electron chi connectivity index (χ0n) is 29.7. The number of rotatable bonds is 33. The molecule has 0 aliphatic heterocycles. The van der Waals surface area contributed by atoms with E-state index in [0.29, 0.717) is 12.8 Å². The summed E-state index contributed by atoms with van der Waals surface area (Å²) in [5.74, 6) is -0.835. The number of carbonyl (C=O) groups excluding carboxylic acids is 3. The van der Waals surface area contributed by atoms with Gasteiger partial charge in [-0.2, -0.15) is 0 Å². The van der Waals surface area contributed by atoms with Crippen LogP contribution in [-0.2, 0) is 23.9 Å². The van der Waals surface area contributed by atoms with Crippen molar-refractivity contribution in [2.45, 2.75) is 220 Å². The average Bonchev–Trinajstić information content (AvgIpc) is 2.99. The maximum absolute atomic E-state index is 12.8. The standard InChI is InChI=1S/C38H73NO5/c1-5-7-9-11-13-15-17-18-19-20-22-24-26-28-30-32-38(42)39-36(33-43-34(3)40)37(44-35(4)41)31-29-27-25-23-21-16-14-12-10-8-6-2/h36-37H,5-33H2,1-4H3,(H,39,42). The van der Waals surface area contributed by atoms with Crippen LogP contribution in [0.4, 0.5) is 0 Å². The van der Waals surface area contributed by atoms with Crippen LogP contribution in [0.3, 0.4) is 0 Å². The van der Waals surface area contributed by atoms with Crippen molar-refractivity contribution in [3.05, 3.63) is 0 Å². The van der Waals surface area contributed by atoms with Crippen LogP contribution < -0.4 is 5.32 Å². The highest BCUT2D eigenvalue weighted by Crippen LogP contribution is 2.17. The Morgan fingerprint density at radius 2 is 0.864 bits per heavy atom. The molecule has 0 fully saturated rings. The lowest BCUT2D eigenvalue weighted by molar-refractivity contribution is -0.152. The summed E-state index contributed by atoms with van der Waals surface area (Å²) in [6.45, 7) is 7.30. The second-order valence-corrected chi connectivity index (χ2v) is 13.1. The van der Waals surface area contributed by atoms with Gasteiger partial charge in [-0.3, -0.25) is 14.4 Å². The van der Waals surface area contributed by atoms with E-state index in [0.717, 1.165) is 32.1 Å². The molecule has 6 heteroatoms. The molecule has 0 radical (unpaired) electrons. The summed E-state index contributed by atoms with van der Waals surface area (Å²) in [5.41, 5.74) is 0. The van der Waals surface area contributed by atoms with Gasteiger partial charge in [0.25, 0.3) is 0 Å². The third-order valence-electron chi connectivity index (χ3n) is 8.68. The maximum atomic E-state index is 12.8. The largest absolute Gasteiger partial charge is 0.464 e. The van der Waals surface area contributed by atoms with E-state index < -0.39 is 18.1 Å². The fraction of sp³-hybridized carbons (Fsp3) is 0.921. The molecule has 0 saturated carbocycles. The Hall–Kier alpha value is -1.59. The monoisotopic (exact) mass is 624 g/mol. The van der Waals surface area contributed by atoms with E-state index in [2.05, 4.69) is 19.2 Å². The molecule has 0 aliphatic carbocycles. The highest BCUT2D eigenvalue weighted by Gasteiger charge is 2.27. The Kier molecular flexibility index (Phi) is 31.6. The topological polar surface area (TPSA) is 81.7 Å². The summed E-state index contributed by atoms with van der Waals surface area (Å²) in [5, 5.41) is 3.02. The summed E-state index contributed by atoms with van der Waals surface area (Å²) < 4.78 is 10.9. The number of unbranched alkanes of at least 4 members (excludes halogenated alkanes) is 24. The predicted octanol–water partition coefficient (Wildman–Crippen LogP) is 10.9. The molecular formula is C38H73NO5. The van der Waals surface area contributed by atoms with E-state index in [1.807, 2.05) is 0 Å². The molecule has 1 amide bonds. The van der Waals surface area contributed by atoms with Crippen LogP contribution in [0.2, 0.25) is 0 Å². The first-order valence-electron chi connectivity index (χ1n) is 19.0. The van der Waals surface area contributed by atoms with Crippen molar-refractivity contribution in [1.82, 2.24) is 5.32 Å². The molecule has 0 rings (SSSR count). The molecule has 0 saturated heterocycles. The van der Waals surface area contributed by atoms with E-state index in [-0.39, 0.29) is 18.5 Å². The number of amides is 1. The Morgan fingerprint density at radius 3 is 1.23 bits per heavy atom. The molecule has 0 spiro atoms. The Morgan fingerprint density at radius 1 is 0.500 bits per heavy atom.